The summed E-state index contributed by atoms with van der Waals surface area (Å²) in [5, 5.41) is 12.4. The lowest BCUT2D eigenvalue weighted by molar-refractivity contribution is -0.139. The highest BCUT2D eigenvalue weighted by Gasteiger charge is 2.24. The van der Waals surface area contributed by atoms with Gasteiger partial charge in [0, 0.05) is 20.3 Å². The smallest absolute Gasteiger partial charge is 0.325 e. The number of aliphatic carboxylic acids is 1. The van der Waals surface area contributed by atoms with Crippen LogP contribution in [0.5, 0.6) is 0 Å². The molecule has 1 atom stereocenters. The van der Waals surface area contributed by atoms with Gasteiger partial charge in [-0.1, -0.05) is 44.2 Å². The lowest BCUT2D eigenvalue weighted by atomic mass is 9.89. The highest BCUT2D eigenvalue weighted by molar-refractivity contribution is 5.75. The molecule has 0 bridgehead atoms. The molecule has 1 rings (SSSR count). The first-order valence-corrected chi connectivity index (χ1v) is 6.46. The molecular formula is C15H23NO3. The van der Waals surface area contributed by atoms with Crippen LogP contribution in [0.4, 0.5) is 0 Å². The Hall–Kier alpha value is -1.39. The first-order chi connectivity index (χ1) is 8.96. The fourth-order valence-corrected chi connectivity index (χ4v) is 1.84. The summed E-state index contributed by atoms with van der Waals surface area (Å²) >= 11 is 0. The summed E-state index contributed by atoms with van der Waals surface area (Å²) in [6, 6.07) is 8.57. The quantitative estimate of drug-likeness (QED) is 0.758. The number of methoxy groups -OCH3 is 1. The van der Waals surface area contributed by atoms with Crippen molar-refractivity contribution in [3.8, 4) is 0 Å². The van der Waals surface area contributed by atoms with Crippen LogP contribution in [0.3, 0.4) is 0 Å². The number of carbonyl (C=O) groups is 1. The van der Waals surface area contributed by atoms with Gasteiger partial charge in [0.1, 0.15) is 6.04 Å². The number of hydrogen-bond acceptors (Lipinski definition) is 3. The average molecular weight is 265 g/mol. The van der Waals surface area contributed by atoms with Crippen LogP contribution in [0.2, 0.25) is 0 Å². The first-order valence-electron chi connectivity index (χ1n) is 6.46. The van der Waals surface area contributed by atoms with E-state index in [0.717, 1.165) is 12.0 Å². The van der Waals surface area contributed by atoms with E-state index in [1.807, 2.05) is 30.3 Å². The number of rotatable bonds is 8. The molecule has 1 unspecified atom stereocenters. The second-order valence-electron chi connectivity index (χ2n) is 5.47. The van der Waals surface area contributed by atoms with E-state index in [-0.39, 0.29) is 5.41 Å². The van der Waals surface area contributed by atoms with Gasteiger partial charge in [-0.25, -0.2) is 0 Å². The van der Waals surface area contributed by atoms with Gasteiger partial charge in [0.25, 0.3) is 0 Å². The fourth-order valence-electron chi connectivity index (χ4n) is 1.84. The van der Waals surface area contributed by atoms with Crippen molar-refractivity contribution in [2.24, 2.45) is 5.41 Å². The van der Waals surface area contributed by atoms with Crippen molar-refractivity contribution in [1.82, 2.24) is 5.32 Å². The minimum atomic E-state index is -0.853. The number of nitrogens with one attached hydrogen (secondary N) is 1. The zero-order valence-corrected chi connectivity index (χ0v) is 11.8. The fraction of sp³-hybridized carbons (Fsp3) is 0.533. The second-order valence-corrected chi connectivity index (χ2v) is 5.47. The van der Waals surface area contributed by atoms with Crippen LogP contribution in [-0.2, 0) is 9.53 Å². The van der Waals surface area contributed by atoms with Gasteiger partial charge in [-0.3, -0.25) is 4.79 Å². The van der Waals surface area contributed by atoms with Crippen molar-refractivity contribution < 1.29 is 14.6 Å². The molecule has 0 aliphatic carbocycles. The predicted molar refractivity (Wildman–Crippen MR) is 75.1 cm³/mol. The van der Waals surface area contributed by atoms with Crippen LogP contribution < -0.4 is 5.32 Å². The largest absolute Gasteiger partial charge is 0.480 e. The van der Waals surface area contributed by atoms with Crippen molar-refractivity contribution in [3.63, 3.8) is 0 Å². The van der Waals surface area contributed by atoms with Crippen molar-refractivity contribution in [1.29, 1.82) is 0 Å². The number of carboxylic acids is 1. The molecule has 106 valence electrons. The highest BCUT2D eigenvalue weighted by atomic mass is 16.5. The molecule has 0 fully saturated rings. The Morgan fingerprint density at radius 1 is 1.37 bits per heavy atom. The Morgan fingerprint density at radius 3 is 2.53 bits per heavy atom. The Kier molecular flexibility index (Phi) is 5.99. The Morgan fingerprint density at radius 2 is 2.00 bits per heavy atom. The second kappa shape index (κ2) is 7.26. The molecule has 0 saturated heterocycles. The summed E-state index contributed by atoms with van der Waals surface area (Å²) in [5.74, 6) is -0.853. The van der Waals surface area contributed by atoms with Gasteiger partial charge in [-0.2, -0.15) is 0 Å². The van der Waals surface area contributed by atoms with Crippen LogP contribution in [0.15, 0.2) is 30.3 Å². The molecule has 19 heavy (non-hydrogen) atoms. The molecule has 4 heteroatoms. The number of ether oxygens (including phenoxy) is 1. The van der Waals surface area contributed by atoms with Crippen molar-refractivity contribution in [3.05, 3.63) is 35.9 Å². The van der Waals surface area contributed by atoms with E-state index in [9.17, 15) is 9.90 Å². The molecule has 0 aliphatic heterocycles. The summed E-state index contributed by atoms with van der Waals surface area (Å²) in [7, 11) is 1.67. The third-order valence-electron chi connectivity index (χ3n) is 3.15. The van der Waals surface area contributed by atoms with Crippen LogP contribution in [0.1, 0.15) is 31.9 Å². The lowest BCUT2D eigenvalue weighted by Gasteiger charge is -2.27. The molecule has 1 aromatic rings. The third-order valence-corrected chi connectivity index (χ3v) is 3.15. The van der Waals surface area contributed by atoms with Crippen LogP contribution in [-0.4, -0.2) is 31.3 Å². The SMILES string of the molecule is COCCC(C)(C)CNC(C(=O)O)c1ccccc1. The van der Waals surface area contributed by atoms with Crippen LogP contribution in [0.25, 0.3) is 0 Å². The summed E-state index contributed by atoms with van der Waals surface area (Å²) in [6.45, 7) is 5.51. The predicted octanol–water partition coefficient (Wildman–Crippen LogP) is 2.46. The Bertz CT molecular complexity index is 390. The topological polar surface area (TPSA) is 58.6 Å². The Balaban J connectivity index is 2.63. The van der Waals surface area contributed by atoms with Crippen molar-refractivity contribution in [2.45, 2.75) is 26.3 Å². The molecule has 2 N–H and O–H groups in total. The van der Waals surface area contributed by atoms with Gasteiger partial charge in [-0.05, 0) is 17.4 Å². The van der Waals surface area contributed by atoms with Gasteiger partial charge in [0.2, 0.25) is 0 Å². The van der Waals surface area contributed by atoms with E-state index in [0.29, 0.717) is 13.2 Å². The van der Waals surface area contributed by atoms with Gasteiger partial charge in [0.05, 0.1) is 0 Å². The van der Waals surface area contributed by atoms with E-state index in [1.54, 1.807) is 7.11 Å². The van der Waals surface area contributed by atoms with Crippen LogP contribution >= 0.6 is 0 Å². The molecule has 0 amide bonds. The highest BCUT2D eigenvalue weighted by Crippen LogP contribution is 2.21. The minimum absolute atomic E-state index is 0.00150. The van der Waals surface area contributed by atoms with Crippen molar-refractivity contribution >= 4 is 5.97 Å². The summed E-state index contributed by atoms with van der Waals surface area (Å²) in [6.07, 6.45) is 0.887. The molecule has 4 nitrogen and oxygen atoms in total. The standard InChI is InChI=1S/C15H23NO3/c1-15(2,9-10-19-3)11-16-13(14(17)18)12-7-5-4-6-8-12/h4-8,13,16H,9-11H2,1-3H3,(H,17,18). The Labute approximate surface area is 114 Å². The third kappa shape index (κ3) is 5.41. The molecule has 0 aliphatic rings. The first kappa shape index (κ1) is 15.7. The molecular weight excluding hydrogens is 242 g/mol. The molecule has 1 aromatic carbocycles. The molecule has 0 spiro atoms. The van der Waals surface area contributed by atoms with E-state index in [4.69, 9.17) is 4.74 Å². The van der Waals surface area contributed by atoms with Gasteiger partial charge in [-0.15, -0.1) is 0 Å². The van der Waals surface area contributed by atoms with Crippen LogP contribution in [0, 0.1) is 5.41 Å². The number of carboxylic acid groups (broad SMARTS) is 1. The van der Waals surface area contributed by atoms with Gasteiger partial charge >= 0.3 is 5.97 Å². The number of benzene rings is 1. The van der Waals surface area contributed by atoms with Gasteiger partial charge < -0.3 is 15.2 Å². The average Bonchev–Trinajstić information content (AvgIpc) is 2.37. The van der Waals surface area contributed by atoms with E-state index in [1.165, 1.54) is 0 Å². The van der Waals surface area contributed by atoms with Crippen molar-refractivity contribution in [2.75, 3.05) is 20.3 Å². The molecule has 0 radical (unpaired) electrons. The number of hydrogen-bond donors (Lipinski definition) is 2. The zero-order valence-electron chi connectivity index (χ0n) is 11.8. The molecule has 0 aromatic heterocycles. The maximum atomic E-state index is 11.3. The molecule has 0 heterocycles. The lowest BCUT2D eigenvalue weighted by Crippen LogP contribution is -2.36. The minimum Gasteiger partial charge on any atom is -0.480 e. The summed E-state index contributed by atoms with van der Waals surface area (Å²) in [5.41, 5.74) is 0.774. The summed E-state index contributed by atoms with van der Waals surface area (Å²) < 4.78 is 5.07. The van der Waals surface area contributed by atoms with Gasteiger partial charge in [0.15, 0.2) is 0 Å². The maximum Gasteiger partial charge on any atom is 0.325 e. The van der Waals surface area contributed by atoms with E-state index < -0.39 is 12.0 Å². The zero-order chi connectivity index (χ0) is 14.3. The monoisotopic (exact) mass is 265 g/mol. The maximum absolute atomic E-state index is 11.3. The van der Waals surface area contributed by atoms with E-state index in [2.05, 4.69) is 19.2 Å². The molecule has 0 saturated carbocycles. The summed E-state index contributed by atoms with van der Waals surface area (Å²) in [4.78, 5) is 11.3. The van der Waals surface area contributed by atoms with E-state index >= 15 is 0 Å². The normalized spacial score (nSPS) is 13.2.